The van der Waals surface area contributed by atoms with Crippen molar-refractivity contribution in [3.8, 4) is 6.07 Å². The molecule has 1 aromatic rings. The number of nitrogens with zero attached hydrogens (tertiary/aromatic N) is 1. The van der Waals surface area contributed by atoms with E-state index in [9.17, 15) is 0 Å². The van der Waals surface area contributed by atoms with Gasteiger partial charge in [0.25, 0.3) is 0 Å². The fraction of sp³-hybridized carbons (Fsp3) is 0.577. The average molecular weight is 364 g/mol. The van der Waals surface area contributed by atoms with Crippen LogP contribution in [0.5, 0.6) is 0 Å². The molecule has 0 heterocycles. The van der Waals surface area contributed by atoms with Gasteiger partial charge in [-0.15, -0.1) is 0 Å². The number of aryl methyl sites for hydroxylation is 2. The number of allylic oxidation sites excluding steroid dienone is 4. The van der Waals surface area contributed by atoms with Crippen molar-refractivity contribution >= 4 is 0 Å². The van der Waals surface area contributed by atoms with Gasteiger partial charge >= 0.3 is 0 Å². The second kappa shape index (κ2) is 13.4. The fourth-order valence-corrected chi connectivity index (χ4v) is 4.34. The van der Waals surface area contributed by atoms with E-state index in [1.807, 2.05) is 18.2 Å². The number of hydrogen-bond acceptors (Lipinski definition) is 1. The van der Waals surface area contributed by atoms with E-state index < -0.39 is 0 Å². The Hall–Kier alpha value is -1.81. The SMILES string of the molecule is CCCc1ccc(CCCCC2CCC(CC/C=C/C=C/C#N)CC2)cc1. The zero-order chi connectivity index (χ0) is 19.2. The van der Waals surface area contributed by atoms with Gasteiger partial charge in [0, 0.05) is 6.08 Å². The Morgan fingerprint density at radius 3 is 2.15 bits per heavy atom. The Morgan fingerprint density at radius 2 is 1.52 bits per heavy atom. The first-order valence-electron chi connectivity index (χ1n) is 11.1. The molecule has 0 atom stereocenters. The zero-order valence-electron chi connectivity index (χ0n) is 17.2. The van der Waals surface area contributed by atoms with Crippen molar-refractivity contribution in [1.82, 2.24) is 0 Å². The first kappa shape index (κ1) is 21.5. The lowest BCUT2D eigenvalue weighted by Crippen LogP contribution is -2.14. The molecule has 0 spiro atoms. The number of benzene rings is 1. The molecular formula is C26H37N. The van der Waals surface area contributed by atoms with Crippen LogP contribution in [0.3, 0.4) is 0 Å². The van der Waals surface area contributed by atoms with E-state index in [1.54, 1.807) is 0 Å². The van der Waals surface area contributed by atoms with E-state index in [2.05, 4.69) is 37.3 Å². The smallest absolute Gasteiger partial charge is 0.0912 e. The average Bonchev–Trinajstić information content (AvgIpc) is 2.70. The van der Waals surface area contributed by atoms with Crippen LogP contribution in [0.4, 0.5) is 0 Å². The van der Waals surface area contributed by atoms with E-state index in [-0.39, 0.29) is 0 Å². The normalized spacial score (nSPS) is 20.3. The van der Waals surface area contributed by atoms with E-state index >= 15 is 0 Å². The maximum Gasteiger partial charge on any atom is 0.0912 e. The maximum atomic E-state index is 8.44. The Morgan fingerprint density at radius 1 is 0.889 bits per heavy atom. The molecule has 0 radical (unpaired) electrons. The van der Waals surface area contributed by atoms with Crippen LogP contribution in [-0.4, -0.2) is 0 Å². The van der Waals surface area contributed by atoms with Gasteiger partial charge in [0.2, 0.25) is 0 Å². The third kappa shape index (κ3) is 9.09. The standard InChI is InChI=1S/C26H37N/c1-2-10-23-14-16-25(17-15-23)12-7-8-13-26-20-18-24(19-21-26)11-6-4-3-5-9-22-27/h3-5,9,14-17,24,26H,2,6-8,10-13,18-21H2,1H3/b4-3+,9-5+. The number of nitriles is 1. The predicted octanol–water partition coefficient (Wildman–Crippen LogP) is 7.57. The number of hydrogen-bond donors (Lipinski definition) is 0. The second-order valence-corrected chi connectivity index (χ2v) is 8.19. The van der Waals surface area contributed by atoms with Crippen LogP contribution in [0, 0.1) is 23.2 Å². The van der Waals surface area contributed by atoms with E-state index in [0.717, 1.165) is 18.3 Å². The minimum absolute atomic E-state index is 0.924. The molecule has 146 valence electrons. The molecule has 1 heteroatoms. The summed E-state index contributed by atoms with van der Waals surface area (Å²) in [5, 5.41) is 8.44. The zero-order valence-corrected chi connectivity index (χ0v) is 17.2. The Bertz CT molecular complexity index is 594. The summed E-state index contributed by atoms with van der Waals surface area (Å²) in [6, 6.07) is 11.3. The van der Waals surface area contributed by atoms with Crippen LogP contribution in [0.25, 0.3) is 0 Å². The molecule has 27 heavy (non-hydrogen) atoms. The summed E-state index contributed by atoms with van der Waals surface area (Å²) >= 11 is 0. The molecule has 0 saturated heterocycles. The monoisotopic (exact) mass is 363 g/mol. The largest absolute Gasteiger partial charge is 0.193 e. The lowest BCUT2D eigenvalue weighted by Gasteiger charge is -2.28. The molecule has 1 aliphatic carbocycles. The Labute approximate surface area is 167 Å². The first-order valence-corrected chi connectivity index (χ1v) is 11.1. The summed E-state index contributed by atoms with van der Waals surface area (Å²) < 4.78 is 0. The summed E-state index contributed by atoms with van der Waals surface area (Å²) in [4.78, 5) is 0. The van der Waals surface area contributed by atoms with E-state index in [0.29, 0.717) is 0 Å². The third-order valence-corrected chi connectivity index (χ3v) is 6.02. The summed E-state index contributed by atoms with van der Waals surface area (Å²) in [5.41, 5.74) is 2.99. The fourth-order valence-electron chi connectivity index (χ4n) is 4.34. The molecule has 0 aliphatic heterocycles. The quantitative estimate of drug-likeness (QED) is 0.226. The maximum absolute atomic E-state index is 8.44. The van der Waals surface area contributed by atoms with E-state index in [4.69, 9.17) is 5.26 Å². The van der Waals surface area contributed by atoms with Gasteiger partial charge in [-0.3, -0.25) is 0 Å². The second-order valence-electron chi connectivity index (χ2n) is 8.19. The summed E-state index contributed by atoms with van der Waals surface area (Å²) in [5.74, 6) is 1.90. The molecule has 1 fully saturated rings. The first-order chi connectivity index (χ1) is 13.3. The van der Waals surface area contributed by atoms with Gasteiger partial charge in [0.1, 0.15) is 0 Å². The minimum atomic E-state index is 0.924. The molecular weight excluding hydrogens is 326 g/mol. The summed E-state index contributed by atoms with van der Waals surface area (Å²) in [6.07, 6.45) is 23.6. The topological polar surface area (TPSA) is 23.8 Å². The predicted molar refractivity (Wildman–Crippen MR) is 117 cm³/mol. The highest BCUT2D eigenvalue weighted by molar-refractivity contribution is 5.22. The Balaban J connectivity index is 1.52. The van der Waals surface area contributed by atoms with Crippen LogP contribution in [-0.2, 0) is 12.8 Å². The molecule has 0 N–H and O–H groups in total. The van der Waals surface area contributed by atoms with Crippen LogP contribution in [0.15, 0.2) is 48.6 Å². The van der Waals surface area contributed by atoms with Crippen LogP contribution >= 0.6 is 0 Å². The van der Waals surface area contributed by atoms with Gasteiger partial charge in [-0.2, -0.15) is 5.26 Å². The van der Waals surface area contributed by atoms with Gasteiger partial charge in [0.05, 0.1) is 6.07 Å². The van der Waals surface area contributed by atoms with Crippen LogP contribution < -0.4 is 0 Å². The Kier molecular flexibility index (Phi) is 10.6. The molecule has 0 aromatic heterocycles. The molecule has 1 nitrogen and oxygen atoms in total. The van der Waals surface area contributed by atoms with Crippen LogP contribution in [0.2, 0.25) is 0 Å². The van der Waals surface area contributed by atoms with Crippen molar-refractivity contribution in [3.05, 3.63) is 59.7 Å². The molecule has 1 aromatic carbocycles. The van der Waals surface area contributed by atoms with Crippen molar-refractivity contribution in [2.45, 2.75) is 84.0 Å². The highest BCUT2D eigenvalue weighted by atomic mass is 14.3. The van der Waals surface area contributed by atoms with Crippen molar-refractivity contribution in [2.24, 2.45) is 11.8 Å². The molecule has 0 amide bonds. The third-order valence-electron chi connectivity index (χ3n) is 6.02. The molecule has 2 rings (SSSR count). The number of rotatable bonds is 11. The van der Waals surface area contributed by atoms with Gasteiger partial charge in [-0.1, -0.05) is 94.4 Å². The summed E-state index contributed by atoms with van der Waals surface area (Å²) in [7, 11) is 0. The molecule has 0 unspecified atom stereocenters. The van der Waals surface area contributed by atoms with Gasteiger partial charge in [0.15, 0.2) is 0 Å². The highest BCUT2D eigenvalue weighted by Gasteiger charge is 2.20. The molecule has 0 bridgehead atoms. The highest BCUT2D eigenvalue weighted by Crippen LogP contribution is 2.34. The van der Waals surface area contributed by atoms with Crippen molar-refractivity contribution in [3.63, 3.8) is 0 Å². The van der Waals surface area contributed by atoms with Crippen molar-refractivity contribution in [2.75, 3.05) is 0 Å². The van der Waals surface area contributed by atoms with Crippen molar-refractivity contribution < 1.29 is 0 Å². The summed E-state index contributed by atoms with van der Waals surface area (Å²) in [6.45, 7) is 2.25. The molecule has 1 saturated carbocycles. The van der Waals surface area contributed by atoms with Gasteiger partial charge in [-0.05, 0) is 55.1 Å². The van der Waals surface area contributed by atoms with Gasteiger partial charge < -0.3 is 0 Å². The minimum Gasteiger partial charge on any atom is -0.193 e. The van der Waals surface area contributed by atoms with Crippen molar-refractivity contribution in [1.29, 1.82) is 5.26 Å². The number of unbranched alkanes of at least 4 members (excludes halogenated alkanes) is 1. The lowest BCUT2D eigenvalue weighted by atomic mass is 9.78. The van der Waals surface area contributed by atoms with Gasteiger partial charge in [-0.25, -0.2) is 0 Å². The van der Waals surface area contributed by atoms with E-state index in [1.165, 1.54) is 87.8 Å². The lowest BCUT2D eigenvalue weighted by molar-refractivity contribution is 0.250. The van der Waals surface area contributed by atoms with Crippen LogP contribution in [0.1, 0.15) is 82.3 Å². The molecule has 1 aliphatic rings.